The second-order valence-corrected chi connectivity index (χ2v) is 8.78. The van der Waals surface area contributed by atoms with Crippen LogP contribution in [0.3, 0.4) is 0 Å². The Morgan fingerprint density at radius 3 is 2.48 bits per heavy atom. The molecule has 0 aromatic heterocycles. The van der Waals surface area contributed by atoms with E-state index >= 15 is 0 Å². The second kappa shape index (κ2) is 10.4. The molecule has 2 aromatic carbocycles. The minimum atomic E-state index is -0.987. The molecule has 3 rings (SSSR count). The molecule has 2 atom stereocenters. The van der Waals surface area contributed by atoms with Crippen LogP contribution < -0.4 is 15.4 Å². The van der Waals surface area contributed by atoms with Gasteiger partial charge in [-0.15, -0.1) is 0 Å². The van der Waals surface area contributed by atoms with Crippen molar-refractivity contribution in [2.24, 2.45) is 4.99 Å². The number of rotatable bonds is 6. The van der Waals surface area contributed by atoms with Gasteiger partial charge in [-0.05, 0) is 68.1 Å². The molecule has 1 heterocycles. The van der Waals surface area contributed by atoms with Crippen LogP contribution in [0, 0.1) is 22.8 Å². The fourth-order valence-corrected chi connectivity index (χ4v) is 4.12. The zero-order chi connectivity index (χ0) is 24.0. The van der Waals surface area contributed by atoms with E-state index in [9.17, 15) is 15.6 Å². The molecule has 2 aromatic rings. The number of aliphatic imine (C=N–C) groups is 1. The largest absolute Gasteiger partial charge is 0.485 e. The Kier molecular flexibility index (Phi) is 7.58. The van der Waals surface area contributed by atoms with Gasteiger partial charge in [0.1, 0.15) is 23.5 Å². The highest BCUT2D eigenvalue weighted by Gasteiger charge is 2.43. The summed E-state index contributed by atoms with van der Waals surface area (Å²) in [6, 6.07) is 12.6. The quantitative estimate of drug-likeness (QED) is 0.260. The lowest BCUT2D eigenvalue weighted by Crippen LogP contribution is -2.49. The van der Waals surface area contributed by atoms with E-state index in [-0.39, 0.29) is 5.96 Å². The van der Waals surface area contributed by atoms with Crippen LogP contribution in [-0.2, 0) is 12.8 Å². The molecule has 0 radical (unpaired) electrons. The lowest BCUT2D eigenvalue weighted by molar-refractivity contribution is -0.0567. The first kappa shape index (κ1) is 24.1. The Hall–Kier alpha value is -3.55. The number of ether oxygens (including phenoxy) is 1. The first-order chi connectivity index (χ1) is 15.8. The molecule has 0 amide bonds. The number of guanidine groups is 1. The normalized spacial score (nSPS) is 18.9. The van der Waals surface area contributed by atoms with Gasteiger partial charge in [0.15, 0.2) is 6.19 Å². The van der Waals surface area contributed by atoms with Gasteiger partial charge in [-0.2, -0.15) is 10.5 Å². The van der Waals surface area contributed by atoms with E-state index in [1.165, 1.54) is 11.1 Å². The van der Waals surface area contributed by atoms with Crippen molar-refractivity contribution in [1.29, 1.82) is 10.5 Å². The van der Waals surface area contributed by atoms with E-state index in [1.54, 1.807) is 32.0 Å². The molecule has 0 bridgehead atoms. The van der Waals surface area contributed by atoms with Crippen LogP contribution in [0.1, 0.15) is 68.8 Å². The van der Waals surface area contributed by atoms with Gasteiger partial charge in [0.25, 0.3) is 0 Å². The fourth-order valence-electron chi connectivity index (χ4n) is 4.12. The zero-order valence-corrected chi connectivity index (χ0v) is 19.6. The Bertz CT molecular complexity index is 1110. The number of benzene rings is 2. The highest BCUT2D eigenvalue weighted by atomic mass is 16.5. The van der Waals surface area contributed by atoms with Crippen molar-refractivity contribution in [3.05, 3.63) is 58.7 Å². The molecule has 0 saturated carbocycles. The van der Waals surface area contributed by atoms with Gasteiger partial charge in [-0.1, -0.05) is 32.8 Å². The third-order valence-corrected chi connectivity index (χ3v) is 5.79. The number of hydrogen-bond donors (Lipinski definition) is 3. The van der Waals surface area contributed by atoms with Crippen LogP contribution in [0.25, 0.3) is 0 Å². The van der Waals surface area contributed by atoms with Gasteiger partial charge in [0.05, 0.1) is 11.6 Å². The van der Waals surface area contributed by atoms with Crippen LogP contribution in [0.4, 0.5) is 5.69 Å². The molecule has 1 aliphatic heterocycles. The molecule has 172 valence electrons. The monoisotopic (exact) mass is 445 g/mol. The molecular weight excluding hydrogens is 414 g/mol. The highest BCUT2D eigenvalue weighted by molar-refractivity contribution is 5.95. The molecule has 0 unspecified atom stereocenters. The van der Waals surface area contributed by atoms with Gasteiger partial charge >= 0.3 is 0 Å². The number of nitriles is 2. The second-order valence-electron chi connectivity index (χ2n) is 8.78. The first-order valence-corrected chi connectivity index (χ1v) is 11.4. The van der Waals surface area contributed by atoms with Gasteiger partial charge in [-0.25, -0.2) is 4.99 Å². The molecule has 1 aliphatic rings. The number of fused-ring (bicyclic) bond motifs is 1. The number of nitrogens with zero attached hydrogens (tertiary/aromatic N) is 3. The summed E-state index contributed by atoms with van der Waals surface area (Å²) in [7, 11) is 0. The number of aliphatic hydroxyl groups is 1. The van der Waals surface area contributed by atoms with Crippen LogP contribution in [0.5, 0.6) is 5.75 Å². The van der Waals surface area contributed by atoms with Crippen molar-refractivity contribution in [1.82, 2.24) is 5.32 Å². The predicted octanol–water partition coefficient (Wildman–Crippen LogP) is 4.58. The molecule has 7 heteroatoms. The van der Waals surface area contributed by atoms with Crippen LogP contribution >= 0.6 is 0 Å². The molecule has 3 N–H and O–H groups in total. The molecular formula is C26H31N5O2. The average Bonchev–Trinajstić information content (AvgIpc) is 2.78. The van der Waals surface area contributed by atoms with Gasteiger partial charge in [-0.3, -0.25) is 5.32 Å². The van der Waals surface area contributed by atoms with Crippen molar-refractivity contribution in [2.45, 2.75) is 71.1 Å². The Labute approximate surface area is 195 Å². The van der Waals surface area contributed by atoms with Crippen LogP contribution in [-0.4, -0.2) is 22.8 Å². The van der Waals surface area contributed by atoms with E-state index in [1.807, 2.05) is 12.3 Å². The highest BCUT2D eigenvalue weighted by Crippen LogP contribution is 2.42. The standard InChI is InChI=1S/C26H31N5O2/c1-5-7-18-10-11-20(14-19(18)8-6-2)30-25(29-16-28)31-23-21-13-17(15-27)9-12-22(21)33-26(3,4)24(23)32/h9-14,23-24,32H,5-8H2,1-4H3,(H2,29,30,31)/t23-,24+/m1/s1. The molecule has 0 aliphatic carbocycles. The number of nitrogens with one attached hydrogen (secondary N) is 2. The van der Waals surface area contributed by atoms with Crippen LogP contribution in [0.15, 0.2) is 41.4 Å². The summed E-state index contributed by atoms with van der Waals surface area (Å²) < 4.78 is 5.97. The third-order valence-electron chi connectivity index (χ3n) is 5.79. The van der Waals surface area contributed by atoms with E-state index in [2.05, 4.69) is 47.7 Å². The number of hydrogen-bond acceptors (Lipinski definition) is 5. The third kappa shape index (κ3) is 5.45. The van der Waals surface area contributed by atoms with Crippen molar-refractivity contribution >= 4 is 11.6 Å². The van der Waals surface area contributed by atoms with Gasteiger partial charge in [0, 0.05) is 11.3 Å². The Morgan fingerprint density at radius 2 is 1.82 bits per heavy atom. The minimum Gasteiger partial charge on any atom is -0.485 e. The maximum atomic E-state index is 11.0. The van der Waals surface area contributed by atoms with Gasteiger partial charge < -0.3 is 15.2 Å². The molecule has 7 nitrogen and oxygen atoms in total. The molecule has 33 heavy (non-hydrogen) atoms. The summed E-state index contributed by atoms with van der Waals surface area (Å²) in [5.74, 6) is 0.779. The maximum Gasteiger partial charge on any atom is 0.209 e. The van der Waals surface area contributed by atoms with E-state index in [0.29, 0.717) is 16.9 Å². The van der Waals surface area contributed by atoms with E-state index < -0.39 is 17.7 Å². The Balaban J connectivity index is 2.01. The van der Waals surface area contributed by atoms with Crippen molar-refractivity contribution in [3.63, 3.8) is 0 Å². The van der Waals surface area contributed by atoms with Crippen molar-refractivity contribution in [3.8, 4) is 18.0 Å². The summed E-state index contributed by atoms with van der Waals surface area (Å²) >= 11 is 0. The predicted molar refractivity (Wildman–Crippen MR) is 129 cm³/mol. The molecule has 0 saturated heterocycles. The summed E-state index contributed by atoms with van der Waals surface area (Å²) in [6.07, 6.45) is 5.05. The number of aryl methyl sites for hydroxylation is 2. The average molecular weight is 446 g/mol. The van der Waals surface area contributed by atoms with Crippen molar-refractivity contribution < 1.29 is 9.84 Å². The first-order valence-electron chi connectivity index (χ1n) is 11.4. The minimum absolute atomic E-state index is 0.221. The summed E-state index contributed by atoms with van der Waals surface area (Å²) in [6.45, 7) is 7.90. The zero-order valence-electron chi connectivity index (χ0n) is 19.6. The molecule has 0 fully saturated rings. The number of anilines is 1. The van der Waals surface area contributed by atoms with Crippen LogP contribution in [0.2, 0.25) is 0 Å². The SMILES string of the molecule is CCCc1ccc(NC(=N[C@@H]2c3cc(C#N)ccc3OC(C)(C)[C@H]2O)NC#N)cc1CCC. The summed E-state index contributed by atoms with van der Waals surface area (Å²) in [5, 5.41) is 35.5. The van der Waals surface area contributed by atoms with Crippen molar-refractivity contribution in [2.75, 3.05) is 5.32 Å². The maximum absolute atomic E-state index is 11.0. The van der Waals surface area contributed by atoms with E-state index in [4.69, 9.17) is 4.74 Å². The lowest BCUT2D eigenvalue weighted by atomic mass is 9.86. The Morgan fingerprint density at radius 1 is 1.09 bits per heavy atom. The number of aliphatic hydroxyl groups excluding tert-OH is 1. The smallest absolute Gasteiger partial charge is 0.209 e. The molecule has 0 spiro atoms. The summed E-state index contributed by atoms with van der Waals surface area (Å²) in [4.78, 5) is 4.68. The summed E-state index contributed by atoms with van der Waals surface area (Å²) in [5.41, 5.74) is 3.57. The van der Waals surface area contributed by atoms with E-state index in [0.717, 1.165) is 31.4 Å². The topological polar surface area (TPSA) is 113 Å². The fraction of sp³-hybridized carbons (Fsp3) is 0.423. The lowest BCUT2D eigenvalue weighted by Gasteiger charge is -2.40. The van der Waals surface area contributed by atoms with Gasteiger partial charge in [0.2, 0.25) is 5.96 Å².